The highest BCUT2D eigenvalue weighted by atomic mass is 32.2. The molecule has 1 aliphatic rings. The fourth-order valence-corrected chi connectivity index (χ4v) is 4.72. The minimum atomic E-state index is -0.598. The van der Waals surface area contributed by atoms with Gasteiger partial charge in [0.1, 0.15) is 6.04 Å². The summed E-state index contributed by atoms with van der Waals surface area (Å²) >= 11 is 1.65. The third kappa shape index (κ3) is 7.22. The summed E-state index contributed by atoms with van der Waals surface area (Å²) in [6.45, 7) is 4.85. The molecule has 1 fully saturated rings. The van der Waals surface area contributed by atoms with E-state index in [1.165, 1.54) is 22.8 Å². The Hall–Kier alpha value is -2.09. The first kappa shape index (κ1) is 24.6. The molecule has 0 unspecified atom stereocenters. The molecule has 0 spiro atoms. The van der Waals surface area contributed by atoms with Crippen molar-refractivity contribution in [3.05, 3.63) is 48.0 Å². The van der Waals surface area contributed by atoms with Gasteiger partial charge in [-0.25, -0.2) is 4.79 Å². The van der Waals surface area contributed by atoms with Crippen molar-refractivity contribution in [1.29, 1.82) is 0 Å². The fraction of sp³-hybridized carbons (Fsp3) is 0.520. The van der Waals surface area contributed by atoms with Crippen LogP contribution in [0.15, 0.2) is 42.5 Å². The number of nitrogens with zero attached hydrogens (tertiary/aromatic N) is 1. The summed E-state index contributed by atoms with van der Waals surface area (Å²) in [5.41, 5.74) is 1.21. The highest BCUT2D eigenvalue weighted by Gasteiger charge is 2.25. The van der Waals surface area contributed by atoms with E-state index in [2.05, 4.69) is 51.9 Å². The van der Waals surface area contributed by atoms with E-state index >= 15 is 0 Å². The van der Waals surface area contributed by atoms with Crippen molar-refractivity contribution in [2.45, 2.75) is 44.8 Å². The molecule has 7 heteroatoms. The molecule has 0 bridgehead atoms. The minimum Gasteiger partial charge on any atom is -0.464 e. The maximum absolute atomic E-state index is 13.0. The van der Waals surface area contributed by atoms with Crippen molar-refractivity contribution in [2.24, 2.45) is 0 Å². The maximum atomic E-state index is 13.0. The van der Waals surface area contributed by atoms with Gasteiger partial charge in [-0.05, 0) is 61.1 Å². The number of benzene rings is 2. The summed E-state index contributed by atoms with van der Waals surface area (Å²) in [5, 5.41) is 8.88. The average Bonchev–Trinajstić information content (AvgIpc) is 3.30. The van der Waals surface area contributed by atoms with Gasteiger partial charge in [0.25, 0.3) is 0 Å². The number of thioether (sulfide) groups is 1. The molecular weight excluding hydrogens is 422 g/mol. The van der Waals surface area contributed by atoms with Crippen LogP contribution in [0.5, 0.6) is 0 Å². The molecule has 0 aliphatic carbocycles. The van der Waals surface area contributed by atoms with Crippen LogP contribution in [-0.2, 0) is 20.9 Å². The number of hydrogen-bond acceptors (Lipinski definition) is 6. The summed E-state index contributed by atoms with van der Waals surface area (Å²) in [5.74, 6) is 0.297. The van der Waals surface area contributed by atoms with Gasteiger partial charge in [-0.3, -0.25) is 9.69 Å². The van der Waals surface area contributed by atoms with Gasteiger partial charge >= 0.3 is 5.97 Å². The molecule has 1 aliphatic heterocycles. The molecule has 1 heterocycles. The number of carbonyl (C=O) groups excluding carboxylic acids is 2. The zero-order valence-electron chi connectivity index (χ0n) is 19.1. The van der Waals surface area contributed by atoms with E-state index in [0.29, 0.717) is 25.6 Å². The normalized spacial score (nSPS) is 16.9. The molecule has 1 saturated heterocycles. The van der Waals surface area contributed by atoms with Crippen molar-refractivity contribution >= 4 is 34.4 Å². The van der Waals surface area contributed by atoms with E-state index in [0.717, 1.165) is 25.3 Å². The van der Waals surface area contributed by atoms with Crippen LogP contribution in [0.1, 0.15) is 31.7 Å². The number of ether oxygens (including phenoxy) is 1. The third-order valence-corrected chi connectivity index (χ3v) is 6.44. The van der Waals surface area contributed by atoms with Crippen LogP contribution in [0, 0.1) is 0 Å². The second kappa shape index (κ2) is 12.8. The molecule has 0 aromatic heterocycles. The monoisotopic (exact) mass is 457 g/mol. The van der Waals surface area contributed by atoms with Crippen LogP contribution in [-0.4, -0.2) is 67.1 Å². The number of rotatable bonds is 12. The molecule has 1 amide bonds. The molecule has 2 aromatic rings. The standard InChI is InChI=1S/C25H35N3O3S/c1-3-31-25(30)23(13-15-32-2)27-24(29)18-28(17-21-11-7-14-26-21)16-20-10-6-9-19-8-4-5-12-22(19)20/h4-6,8-10,12,21,23,26H,3,7,11,13-18H2,1-2H3,(H,27,29)/t21-,23-/m0/s1. The Morgan fingerprint density at radius 1 is 1.25 bits per heavy atom. The number of fused-ring (bicyclic) bond motifs is 1. The van der Waals surface area contributed by atoms with Crippen LogP contribution < -0.4 is 10.6 Å². The van der Waals surface area contributed by atoms with Gasteiger partial charge in [0, 0.05) is 19.1 Å². The number of nitrogens with one attached hydrogen (secondary N) is 2. The molecule has 174 valence electrons. The summed E-state index contributed by atoms with van der Waals surface area (Å²) in [7, 11) is 0. The molecule has 2 N–H and O–H groups in total. The molecule has 32 heavy (non-hydrogen) atoms. The van der Waals surface area contributed by atoms with Crippen LogP contribution in [0.2, 0.25) is 0 Å². The topological polar surface area (TPSA) is 70.7 Å². The van der Waals surface area contributed by atoms with Crippen LogP contribution in [0.4, 0.5) is 0 Å². The van der Waals surface area contributed by atoms with Gasteiger partial charge in [-0.2, -0.15) is 11.8 Å². The third-order valence-electron chi connectivity index (χ3n) is 5.80. The smallest absolute Gasteiger partial charge is 0.328 e. The van der Waals surface area contributed by atoms with Crippen LogP contribution in [0.3, 0.4) is 0 Å². The lowest BCUT2D eigenvalue weighted by molar-refractivity contribution is -0.147. The van der Waals surface area contributed by atoms with E-state index in [1.54, 1.807) is 18.7 Å². The molecule has 2 atom stereocenters. The summed E-state index contributed by atoms with van der Waals surface area (Å²) in [6.07, 6.45) is 4.84. The second-order valence-electron chi connectivity index (χ2n) is 8.25. The van der Waals surface area contributed by atoms with E-state index in [9.17, 15) is 9.59 Å². The van der Waals surface area contributed by atoms with E-state index in [-0.39, 0.29) is 18.4 Å². The van der Waals surface area contributed by atoms with E-state index in [4.69, 9.17) is 4.74 Å². The van der Waals surface area contributed by atoms with E-state index < -0.39 is 6.04 Å². The van der Waals surface area contributed by atoms with Gasteiger partial charge in [-0.1, -0.05) is 42.5 Å². The molecule has 0 radical (unpaired) electrons. The van der Waals surface area contributed by atoms with Gasteiger partial charge in [0.15, 0.2) is 0 Å². The quantitative estimate of drug-likeness (QED) is 0.477. The Bertz CT molecular complexity index is 880. The zero-order valence-corrected chi connectivity index (χ0v) is 20.0. The highest BCUT2D eigenvalue weighted by molar-refractivity contribution is 7.98. The summed E-state index contributed by atoms with van der Waals surface area (Å²) in [4.78, 5) is 27.5. The van der Waals surface area contributed by atoms with Crippen molar-refractivity contribution in [2.75, 3.05) is 38.2 Å². The lowest BCUT2D eigenvalue weighted by Gasteiger charge is -2.27. The Balaban J connectivity index is 1.71. The van der Waals surface area contributed by atoms with Crippen LogP contribution >= 0.6 is 11.8 Å². The largest absolute Gasteiger partial charge is 0.464 e. The number of carbonyl (C=O) groups is 2. The molecule has 6 nitrogen and oxygen atoms in total. The zero-order chi connectivity index (χ0) is 22.8. The molecule has 3 rings (SSSR count). The van der Waals surface area contributed by atoms with Crippen LogP contribution in [0.25, 0.3) is 10.8 Å². The Kier molecular flexibility index (Phi) is 9.84. The maximum Gasteiger partial charge on any atom is 0.328 e. The van der Waals surface area contributed by atoms with Crippen molar-refractivity contribution < 1.29 is 14.3 Å². The second-order valence-corrected chi connectivity index (χ2v) is 9.24. The van der Waals surface area contributed by atoms with Gasteiger partial charge in [0.2, 0.25) is 5.91 Å². The first-order valence-corrected chi connectivity index (χ1v) is 12.9. The first-order valence-electron chi connectivity index (χ1n) is 11.5. The summed E-state index contributed by atoms with van der Waals surface area (Å²) in [6, 6.07) is 14.5. The lowest BCUT2D eigenvalue weighted by atomic mass is 10.0. The SMILES string of the molecule is CCOC(=O)[C@H](CCSC)NC(=O)CN(Cc1cccc2ccccc12)C[C@@H]1CCCN1. The molecular formula is C25H35N3O3S. The lowest BCUT2D eigenvalue weighted by Crippen LogP contribution is -2.48. The number of hydrogen-bond donors (Lipinski definition) is 2. The predicted octanol–water partition coefficient (Wildman–Crippen LogP) is 3.19. The summed E-state index contributed by atoms with van der Waals surface area (Å²) < 4.78 is 5.17. The van der Waals surface area contributed by atoms with Crippen molar-refractivity contribution in [1.82, 2.24) is 15.5 Å². The molecule has 2 aromatic carbocycles. The van der Waals surface area contributed by atoms with Crippen molar-refractivity contribution in [3.8, 4) is 0 Å². The fourth-order valence-electron chi connectivity index (χ4n) is 4.25. The van der Waals surface area contributed by atoms with Gasteiger partial charge < -0.3 is 15.4 Å². The van der Waals surface area contributed by atoms with E-state index in [1.807, 2.05) is 12.3 Å². The number of esters is 1. The van der Waals surface area contributed by atoms with Gasteiger partial charge in [-0.15, -0.1) is 0 Å². The number of amides is 1. The highest BCUT2D eigenvalue weighted by Crippen LogP contribution is 2.20. The minimum absolute atomic E-state index is 0.137. The molecule has 0 saturated carbocycles. The van der Waals surface area contributed by atoms with Crippen molar-refractivity contribution in [3.63, 3.8) is 0 Å². The Labute approximate surface area is 195 Å². The average molecular weight is 458 g/mol. The Morgan fingerprint density at radius 3 is 2.81 bits per heavy atom. The Morgan fingerprint density at radius 2 is 2.06 bits per heavy atom. The first-order chi connectivity index (χ1) is 15.6. The van der Waals surface area contributed by atoms with Gasteiger partial charge in [0.05, 0.1) is 13.2 Å². The predicted molar refractivity (Wildman–Crippen MR) is 132 cm³/mol.